The van der Waals surface area contributed by atoms with Gasteiger partial charge in [-0.2, -0.15) is 0 Å². The molecule has 0 aromatic carbocycles. The standard InChI is InChI=1S/C7H10N4O2/c1-2-11(7(12)13)6-3-5(8)9-4-10-6/h3-4H,2H2,1H3,(H,12,13)(H2,8,9,10). The number of nitrogens with zero attached hydrogens (tertiary/aromatic N) is 3. The van der Waals surface area contributed by atoms with Crippen molar-refractivity contribution in [2.75, 3.05) is 17.2 Å². The summed E-state index contributed by atoms with van der Waals surface area (Å²) in [6.45, 7) is 2.04. The Balaban J connectivity index is 2.98. The molecule has 13 heavy (non-hydrogen) atoms. The van der Waals surface area contributed by atoms with E-state index in [2.05, 4.69) is 9.97 Å². The van der Waals surface area contributed by atoms with E-state index < -0.39 is 6.09 Å². The monoisotopic (exact) mass is 182 g/mol. The number of amides is 1. The van der Waals surface area contributed by atoms with E-state index in [9.17, 15) is 4.79 Å². The SMILES string of the molecule is CCN(C(=O)O)c1cc(N)ncn1. The number of anilines is 2. The Bertz CT molecular complexity index is 315. The third-order valence-electron chi connectivity index (χ3n) is 1.50. The fourth-order valence-electron chi connectivity index (χ4n) is 0.904. The second-order valence-corrected chi connectivity index (χ2v) is 2.33. The van der Waals surface area contributed by atoms with Crippen molar-refractivity contribution in [2.24, 2.45) is 0 Å². The van der Waals surface area contributed by atoms with E-state index in [-0.39, 0.29) is 5.82 Å². The normalized spacial score (nSPS) is 9.62. The molecule has 0 aliphatic heterocycles. The summed E-state index contributed by atoms with van der Waals surface area (Å²) in [5, 5.41) is 8.74. The summed E-state index contributed by atoms with van der Waals surface area (Å²) in [5.41, 5.74) is 5.38. The van der Waals surface area contributed by atoms with E-state index in [1.807, 2.05) is 0 Å². The van der Waals surface area contributed by atoms with Crippen LogP contribution in [0.2, 0.25) is 0 Å². The average Bonchev–Trinajstić information content (AvgIpc) is 2.04. The maximum atomic E-state index is 10.7. The molecule has 1 rings (SSSR count). The Kier molecular flexibility index (Phi) is 2.63. The predicted octanol–water partition coefficient (Wildman–Crippen LogP) is 0.563. The summed E-state index contributed by atoms with van der Waals surface area (Å²) in [6.07, 6.45) is 0.177. The number of hydrogen-bond acceptors (Lipinski definition) is 4. The van der Waals surface area contributed by atoms with Crippen LogP contribution in [0.3, 0.4) is 0 Å². The minimum atomic E-state index is -1.06. The Morgan fingerprint density at radius 2 is 2.38 bits per heavy atom. The molecule has 0 fully saturated rings. The summed E-state index contributed by atoms with van der Waals surface area (Å²) in [4.78, 5) is 19.2. The fourth-order valence-corrected chi connectivity index (χ4v) is 0.904. The number of carboxylic acid groups (broad SMARTS) is 1. The van der Waals surface area contributed by atoms with Gasteiger partial charge in [-0.3, -0.25) is 4.90 Å². The number of hydrogen-bond donors (Lipinski definition) is 2. The highest BCUT2D eigenvalue weighted by molar-refractivity contribution is 5.84. The molecule has 0 spiro atoms. The van der Waals surface area contributed by atoms with Crippen molar-refractivity contribution >= 4 is 17.7 Å². The molecule has 1 aromatic heterocycles. The molecular formula is C7H10N4O2. The largest absolute Gasteiger partial charge is 0.465 e. The molecule has 1 amide bonds. The maximum Gasteiger partial charge on any atom is 0.413 e. The molecule has 0 unspecified atom stereocenters. The number of rotatable bonds is 2. The molecule has 70 valence electrons. The van der Waals surface area contributed by atoms with Crippen molar-refractivity contribution in [2.45, 2.75) is 6.92 Å². The second kappa shape index (κ2) is 3.70. The summed E-state index contributed by atoms with van der Waals surface area (Å²) in [5.74, 6) is 0.548. The molecule has 0 bridgehead atoms. The van der Waals surface area contributed by atoms with Gasteiger partial charge in [-0.15, -0.1) is 0 Å². The summed E-state index contributed by atoms with van der Waals surface area (Å²) < 4.78 is 0. The third-order valence-corrected chi connectivity index (χ3v) is 1.50. The van der Waals surface area contributed by atoms with Gasteiger partial charge in [0.05, 0.1) is 0 Å². The molecule has 0 saturated carbocycles. The lowest BCUT2D eigenvalue weighted by Gasteiger charge is -2.15. The van der Waals surface area contributed by atoms with Gasteiger partial charge < -0.3 is 10.8 Å². The Morgan fingerprint density at radius 3 is 2.85 bits per heavy atom. The van der Waals surface area contributed by atoms with Gasteiger partial charge >= 0.3 is 6.09 Å². The maximum absolute atomic E-state index is 10.7. The Morgan fingerprint density at radius 1 is 1.69 bits per heavy atom. The molecule has 0 radical (unpaired) electrons. The second-order valence-electron chi connectivity index (χ2n) is 2.33. The van der Waals surface area contributed by atoms with E-state index in [1.54, 1.807) is 6.92 Å². The smallest absolute Gasteiger partial charge is 0.413 e. The highest BCUT2D eigenvalue weighted by Gasteiger charge is 2.12. The van der Waals surface area contributed by atoms with E-state index in [4.69, 9.17) is 10.8 Å². The predicted molar refractivity (Wildman–Crippen MR) is 47.5 cm³/mol. The molecule has 0 aliphatic carbocycles. The first-order valence-corrected chi connectivity index (χ1v) is 3.73. The highest BCUT2D eigenvalue weighted by atomic mass is 16.4. The van der Waals surface area contributed by atoms with Crippen molar-refractivity contribution in [3.63, 3.8) is 0 Å². The minimum absolute atomic E-state index is 0.254. The lowest BCUT2D eigenvalue weighted by Crippen LogP contribution is -2.29. The van der Waals surface area contributed by atoms with Crippen LogP contribution >= 0.6 is 0 Å². The average molecular weight is 182 g/mol. The zero-order chi connectivity index (χ0) is 9.84. The van der Waals surface area contributed by atoms with Crippen LogP contribution in [-0.2, 0) is 0 Å². The van der Waals surface area contributed by atoms with Crippen LogP contribution in [0.4, 0.5) is 16.4 Å². The van der Waals surface area contributed by atoms with Gasteiger partial charge in [0.1, 0.15) is 18.0 Å². The molecule has 6 heteroatoms. The number of carbonyl (C=O) groups is 1. The zero-order valence-electron chi connectivity index (χ0n) is 7.14. The van der Waals surface area contributed by atoms with Crippen LogP contribution in [0.15, 0.2) is 12.4 Å². The fraction of sp³-hybridized carbons (Fsp3) is 0.286. The van der Waals surface area contributed by atoms with Crippen molar-refractivity contribution in [1.29, 1.82) is 0 Å². The number of nitrogens with two attached hydrogens (primary N) is 1. The van der Waals surface area contributed by atoms with Crippen LogP contribution in [0, 0.1) is 0 Å². The van der Waals surface area contributed by atoms with Crippen LogP contribution in [0.25, 0.3) is 0 Å². The molecule has 0 atom stereocenters. The van der Waals surface area contributed by atoms with Crippen molar-refractivity contribution < 1.29 is 9.90 Å². The molecule has 0 aliphatic rings. The quantitative estimate of drug-likeness (QED) is 0.697. The van der Waals surface area contributed by atoms with Gasteiger partial charge in [-0.05, 0) is 6.92 Å². The van der Waals surface area contributed by atoms with Gasteiger partial charge in [0.25, 0.3) is 0 Å². The van der Waals surface area contributed by atoms with Gasteiger partial charge in [-0.25, -0.2) is 14.8 Å². The summed E-state index contributed by atoms with van der Waals surface area (Å²) in [7, 11) is 0. The minimum Gasteiger partial charge on any atom is -0.465 e. The molecule has 3 N–H and O–H groups in total. The van der Waals surface area contributed by atoms with E-state index in [0.717, 1.165) is 4.90 Å². The number of aromatic nitrogens is 2. The van der Waals surface area contributed by atoms with Crippen molar-refractivity contribution in [1.82, 2.24) is 9.97 Å². The number of nitrogen functional groups attached to an aromatic ring is 1. The Labute approximate surface area is 75.0 Å². The molecule has 0 saturated heterocycles. The topological polar surface area (TPSA) is 92.3 Å². The van der Waals surface area contributed by atoms with Crippen molar-refractivity contribution in [3.8, 4) is 0 Å². The van der Waals surface area contributed by atoms with Crippen molar-refractivity contribution in [3.05, 3.63) is 12.4 Å². The lowest BCUT2D eigenvalue weighted by molar-refractivity contribution is 0.202. The van der Waals surface area contributed by atoms with Crippen LogP contribution in [0.1, 0.15) is 6.92 Å². The van der Waals surface area contributed by atoms with E-state index in [0.29, 0.717) is 12.4 Å². The van der Waals surface area contributed by atoms with Crippen LogP contribution in [-0.4, -0.2) is 27.7 Å². The van der Waals surface area contributed by atoms with E-state index in [1.165, 1.54) is 12.4 Å². The third kappa shape index (κ3) is 2.05. The lowest BCUT2D eigenvalue weighted by atomic mass is 10.5. The molecular weight excluding hydrogens is 172 g/mol. The van der Waals surface area contributed by atoms with E-state index >= 15 is 0 Å². The molecule has 1 heterocycles. The first-order valence-electron chi connectivity index (χ1n) is 3.73. The van der Waals surface area contributed by atoms with Gasteiger partial charge in [0, 0.05) is 12.6 Å². The highest BCUT2D eigenvalue weighted by Crippen LogP contribution is 2.11. The Hall–Kier alpha value is -1.85. The first kappa shape index (κ1) is 9.24. The summed E-state index contributed by atoms with van der Waals surface area (Å²) in [6, 6.07) is 1.41. The first-order chi connectivity index (χ1) is 6.15. The summed E-state index contributed by atoms with van der Waals surface area (Å²) >= 11 is 0. The zero-order valence-corrected chi connectivity index (χ0v) is 7.14. The van der Waals surface area contributed by atoms with Gasteiger partial charge in [0.2, 0.25) is 0 Å². The van der Waals surface area contributed by atoms with Gasteiger partial charge in [0.15, 0.2) is 0 Å². The van der Waals surface area contributed by atoms with Gasteiger partial charge in [-0.1, -0.05) is 0 Å². The van der Waals surface area contributed by atoms with Crippen LogP contribution < -0.4 is 10.6 Å². The molecule has 1 aromatic rings. The van der Waals surface area contributed by atoms with Crippen LogP contribution in [0.5, 0.6) is 0 Å². The molecule has 6 nitrogen and oxygen atoms in total.